The van der Waals surface area contributed by atoms with E-state index < -0.39 is 12.2 Å². The van der Waals surface area contributed by atoms with Crippen molar-refractivity contribution in [2.45, 2.75) is 58.2 Å². The van der Waals surface area contributed by atoms with Gasteiger partial charge in [0.15, 0.2) is 0 Å². The highest BCUT2D eigenvalue weighted by Gasteiger charge is 2.41. The monoisotopic (exact) mass is 237 g/mol. The normalized spacial score (nSPS) is 20.4. The third kappa shape index (κ3) is 6.16. The molecular weight excluding hydrogens is 215 g/mol. The molecule has 0 aromatic heterocycles. The van der Waals surface area contributed by atoms with Crippen LogP contribution in [0, 0.1) is 5.92 Å². The number of halogens is 3. The summed E-state index contributed by atoms with van der Waals surface area (Å²) in [6.07, 6.45) is 3.92. The molecule has 0 radical (unpaired) electrons. The zero-order chi connectivity index (χ0) is 12.6. The van der Waals surface area contributed by atoms with E-state index in [0.717, 1.165) is 19.3 Å². The maximum atomic E-state index is 12.1. The van der Waals surface area contributed by atoms with E-state index in [1.807, 2.05) is 26.0 Å². The Hall–Kier alpha value is -0.510. The molecule has 1 aliphatic rings. The minimum absolute atomic E-state index is 0.334. The van der Waals surface area contributed by atoms with Crippen LogP contribution in [0.15, 0.2) is 12.2 Å². The van der Waals surface area contributed by atoms with Crippen molar-refractivity contribution < 1.29 is 13.2 Å². The van der Waals surface area contributed by atoms with Crippen LogP contribution in [0.4, 0.5) is 13.2 Å². The minimum atomic E-state index is -4.21. The first kappa shape index (κ1) is 15.5. The molecule has 16 heavy (non-hydrogen) atoms. The van der Waals surface area contributed by atoms with Crippen LogP contribution in [0.1, 0.15) is 46.0 Å². The Balaban J connectivity index is 0.000000487. The van der Waals surface area contributed by atoms with Crippen molar-refractivity contribution in [3.05, 3.63) is 12.2 Å². The summed E-state index contributed by atoms with van der Waals surface area (Å²) in [4.78, 5) is 0. The molecule has 0 heterocycles. The summed E-state index contributed by atoms with van der Waals surface area (Å²) in [5.41, 5.74) is 5.10. The zero-order valence-electron chi connectivity index (χ0n) is 10.1. The third-order valence-corrected chi connectivity index (χ3v) is 2.87. The van der Waals surface area contributed by atoms with Crippen LogP contribution in [0.25, 0.3) is 0 Å². The van der Waals surface area contributed by atoms with Gasteiger partial charge in [-0.3, -0.25) is 0 Å². The van der Waals surface area contributed by atoms with E-state index in [9.17, 15) is 13.2 Å². The van der Waals surface area contributed by atoms with Gasteiger partial charge in [0, 0.05) is 0 Å². The SMILES string of the molecule is CC=CC.NC(C1CCCCC1)C(F)(F)F. The Kier molecular flexibility index (Phi) is 7.47. The number of hydrogen-bond donors (Lipinski definition) is 1. The van der Waals surface area contributed by atoms with Crippen molar-refractivity contribution in [2.24, 2.45) is 11.7 Å². The van der Waals surface area contributed by atoms with Crippen molar-refractivity contribution in [1.82, 2.24) is 0 Å². The molecular formula is C12H22F3N. The lowest BCUT2D eigenvalue weighted by molar-refractivity contribution is -0.161. The average molecular weight is 237 g/mol. The zero-order valence-corrected chi connectivity index (χ0v) is 10.1. The van der Waals surface area contributed by atoms with Crippen LogP contribution < -0.4 is 5.73 Å². The number of alkyl halides is 3. The van der Waals surface area contributed by atoms with Gasteiger partial charge in [0.05, 0.1) is 0 Å². The molecule has 0 amide bonds. The topological polar surface area (TPSA) is 26.0 Å². The van der Waals surface area contributed by atoms with Gasteiger partial charge in [-0.15, -0.1) is 0 Å². The molecule has 2 N–H and O–H groups in total. The van der Waals surface area contributed by atoms with Gasteiger partial charge in [0.25, 0.3) is 0 Å². The summed E-state index contributed by atoms with van der Waals surface area (Å²) in [6, 6.07) is -1.60. The summed E-state index contributed by atoms with van der Waals surface area (Å²) >= 11 is 0. The lowest BCUT2D eigenvalue weighted by Crippen LogP contribution is -2.44. The van der Waals surface area contributed by atoms with E-state index in [2.05, 4.69) is 0 Å². The van der Waals surface area contributed by atoms with Crippen LogP contribution in [0.2, 0.25) is 0 Å². The lowest BCUT2D eigenvalue weighted by atomic mass is 9.84. The highest BCUT2D eigenvalue weighted by molar-refractivity contribution is 4.81. The molecule has 0 bridgehead atoms. The predicted molar refractivity (Wildman–Crippen MR) is 61.1 cm³/mol. The van der Waals surface area contributed by atoms with Gasteiger partial charge in [-0.1, -0.05) is 31.4 Å². The Morgan fingerprint density at radius 1 is 1.06 bits per heavy atom. The van der Waals surface area contributed by atoms with Crippen LogP contribution in [-0.2, 0) is 0 Å². The number of allylic oxidation sites excluding steroid dienone is 2. The molecule has 0 aromatic carbocycles. The van der Waals surface area contributed by atoms with E-state index in [-0.39, 0.29) is 5.92 Å². The van der Waals surface area contributed by atoms with Crippen LogP contribution in [-0.4, -0.2) is 12.2 Å². The van der Waals surface area contributed by atoms with Gasteiger partial charge in [-0.05, 0) is 32.6 Å². The van der Waals surface area contributed by atoms with Crippen molar-refractivity contribution in [3.8, 4) is 0 Å². The van der Waals surface area contributed by atoms with Crippen LogP contribution >= 0.6 is 0 Å². The Morgan fingerprint density at radius 2 is 1.50 bits per heavy atom. The fourth-order valence-corrected chi connectivity index (χ4v) is 1.76. The lowest BCUT2D eigenvalue weighted by Gasteiger charge is -2.28. The minimum Gasteiger partial charge on any atom is -0.320 e. The molecule has 0 saturated heterocycles. The van der Waals surface area contributed by atoms with Gasteiger partial charge in [0.2, 0.25) is 0 Å². The first-order chi connectivity index (χ1) is 7.43. The van der Waals surface area contributed by atoms with E-state index >= 15 is 0 Å². The molecule has 1 aliphatic carbocycles. The molecule has 1 nitrogen and oxygen atoms in total. The Morgan fingerprint density at radius 3 is 1.81 bits per heavy atom. The van der Waals surface area contributed by atoms with Gasteiger partial charge in [-0.25, -0.2) is 0 Å². The van der Waals surface area contributed by atoms with E-state index in [4.69, 9.17) is 5.73 Å². The standard InChI is InChI=1S/C8H14F3N.C4H8/c9-8(10,11)7(12)6-4-2-1-3-5-6;1-3-4-2/h6-7H,1-5,12H2;3-4H,1-2H3. The molecule has 1 fully saturated rings. The van der Waals surface area contributed by atoms with Crippen LogP contribution in [0.5, 0.6) is 0 Å². The molecule has 1 unspecified atom stereocenters. The van der Waals surface area contributed by atoms with Gasteiger partial charge >= 0.3 is 6.18 Å². The highest BCUT2D eigenvalue weighted by atomic mass is 19.4. The largest absolute Gasteiger partial charge is 0.403 e. The number of nitrogens with two attached hydrogens (primary N) is 1. The average Bonchev–Trinajstić information content (AvgIpc) is 2.28. The first-order valence-electron chi connectivity index (χ1n) is 5.83. The number of hydrogen-bond acceptors (Lipinski definition) is 1. The second-order valence-electron chi connectivity index (χ2n) is 4.13. The molecule has 0 aliphatic heterocycles. The second-order valence-corrected chi connectivity index (χ2v) is 4.13. The quantitative estimate of drug-likeness (QED) is 0.684. The van der Waals surface area contributed by atoms with E-state index in [0.29, 0.717) is 12.8 Å². The summed E-state index contributed by atoms with van der Waals surface area (Å²) in [5, 5.41) is 0. The molecule has 0 aromatic rings. The van der Waals surface area contributed by atoms with Crippen molar-refractivity contribution in [2.75, 3.05) is 0 Å². The van der Waals surface area contributed by atoms with Crippen molar-refractivity contribution in [3.63, 3.8) is 0 Å². The fourth-order valence-electron chi connectivity index (χ4n) is 1.76. The molecule has 4 heteroatoms. The highest BCUT2D eigenvalue weighted by Crippen LogP contribution is 2.32. The molecule has 1 rings (SSSR count). The van der Waals surface area contributed by atoms with Crippen molar-refractivity contribution in [1.29, 1.82) is 0 Å². The maximum Gasteiger partial charge on any atom is 0.403 e. The maximum absolute atomic E-state index is 12.1. The van der Waals surface area contributed by atoms with E-state index in [1.54, 1.807) is 0 Å². The smallest absolute Gasteiger partial charge is 0.320 e. The molecule has 0 spiro atoms. The predicted octanol–water partition coefficient (Wildman–Crippen LogP) is 4.04. The summed E-state index contributed by atoms with van der Waals surface area (Å²) in [7, 11) is 0. The van der Waals surface area contributed by atoms with Crippen LogP contribution in [0.3, 0.4) is 0 Å². The van der Waals surface area contributed by atoms with Gasteiger partial charge < -0.3 is 5.73 Å². The summed E-state index contributed by atoms with van der Waals surface area (Å²) in [6.45, 7) is 4.00. The summed E-state index contributed by atoms with van der Waals surface area (Å²) in [5.74, 6) is -0.334. The molecule has 96 valence electrons. The van der Waals surface area contributed by atoms with Gasteiger partial charge in [-0.2, -0.15) is 13.2 Å². The molecule has 1 atom stereocenters. The second kappa shape index (κ2) is 7.71. The van der Waals surface area contributed by atoms with Gasteiger partial charge in [0.1, 0.15) is 6.04 Å². The number of rotatable bonds is 1. The Bertz CT molecular complexity index is 189. The molecule has 1 saturated carbocycles. The Labute approximate surface area is 95.9 Å². The first-order valence-corrected chi connectivity index (χ1v) is 5.83. The van der Waals surface area contributed by atoms with E-state index in [1.165, 1.54) is 0 Å². The fraction of sp³-hybridized carbons (Fsp3) is 0.833. The third-order valence-electron chi connectivity index (χ3n) is 2.87. The summed E-state index contributed by atoms with van der Waals surface area (Å²) < 4.78 is 36.3. The van der Waals surface area contributed by atoms with Crippen molar-refractivity contribution >= 4 is 0 Å².